The minimum Gasteiger partial charge on any atom is -0.454 e. The van der Waals surface area contributed by atoms with Crippen molar-refractivity contribution in [1.29, 1.82) is 0 Å². The summed E-state index contributed by atoms with van der Waals surface area (Å²) in [5.41, 5.74) is 0.958. The molecule has 0 radical (unpaired) electrons. The second-order valence-corrected chi connectivity index (χ2v) is 4.46. The van der Waals surface area contributed by atoms with Gasteiger partial charge < -0.3 is 9.47 Å². The van der Waals surface area contributed by atoms with Gasteiger partial charge in [-0.2, -0.15) is 5.10 Å². The smallest absolute Gasteiger partial charge is 0.231 e. The molecular formula is C14H11N3O2. The zero-order valence-corrected chi connectivity index (χ0v) is 10.3. The topological polar surface area (TPSA) is 49.2 Å². The third-order valence-corrected chi connectivity index (χ3v) is 3.18. The van der Waals surface area contributed by atoms with Crippen LogP contribution in [0, 0.1) is 6.92 Å². The van der Waals surface area contributed by atoms with E-state index in [0.29, 0.717) is 0 Å². The number of hydrogen-bond donors (Lipinski definition) is 0. The van der Waals surface area contributed by atoms with E-state index in [1.54, 1.807) is 10.9 Å². The first-order chi connectivity index (χ1) is 9.31. The first-order valence-electron chi connectivity index (χ1n) is 6.02. The van der Waals surface area contributed by atoms with Crippen molar-refractivity contribution < 1.29 is 9.47 Å². The number of rotatable bonds is 1. The lowest BCUT2D eigenvalue weighted by Gasteiger charge is -2.06. The molecule has 0 fully saturated rings. The lowest BCUT2D eigenvalue weighted by atomic mass is 10.1. The number of aryl methyl sites for hydroxylation is 1. The van der Waals surface area contributed by atoms with Crippen LogP contribution in [0.1, 0.15) is 5.69 Å². The van der Waals surface area contributed by atoms with Crippen molar-refractivity contribution in [3.63, 3.8) is 0 Å². The Bertz CT molecular complexity index is 779. The van der Waals surface area contributed by atoms with Gasteiger partial charge in [-0.1, -0.05) is 0 Å². The fourth-order valence-corrected chi connectivity index (χ4v) is 2.26. The van der Waals surface area contributed by atoms with E-state index in [4.69, 9.17) is 9.47 Å². The van der Waals surface area contributed by atoms with Crippen molar-refractivity contribution in [2.24, 2.45) is 0 Å². The van der Waals surface area contributed by atoms with Gasteiger partial charge in [-0.05, 0) is 36.6 Å². The molecule has 1 aliphatic rings. The molecule has 0 saturated carbocycles. The van der Waals surface area contributed by atoms with Gasteiger partial charge in [0.2, 0.25) is 6.79 Å². The van der Waals surface area contributed by atoms with Crippen molar-refractivity contribution in [2.75, 3.05) is 6.79 Å². The summed E-state index contributed by atoms with van der Waals surface area (Å²) < 4.78 is 12.6. The maximum Gasteiger partial charge on any atom is 0.231 e. The van der Waals surface area contributed by atoms with Gasteiger partial charge in [-0.15, -0.1) is 0 Å². The van der Waals surface area contributed by atoms with Gasteiger partial charge in [0.25, 0.3) is 0 Å². The molecule has 4 rings (SSSR count). The van der Waals surface area contributed by atoms with E-state index in [1.165, 1.54) is 0 Å². The predicted octanol–water partition coefficient (Wildman–Crippen LogP) is 2.46. The number of fused-ring (bicyclic) bond motifs is 2. The normalized spacial score (nSPS) is 13.1. The molecule has 0 N–H and O–H groups in total. The molecule has 0 spiro atoms. The van der Waals surface area contributed by atoms with E-state index in [-0.39, 0.29) is 6.79 Å². The quantitative estimate of drug-likeness (QED) is 0.668. The van der Waals surface area contributed by atoms with Gasteiger partial charge >= 0.3 is 0 Å². The molecule has 0 atom stereocenters. The predicted molar refractivity (Wildman–Crippen MR) is 69.7 cm³/mol. The molecule has 94 valence electrons. The first-order valence-corrected chi connectivity index (χ1v) is 6.02. The minimum absolute atomic E-state index is 0.273. The maximum atomic E-state index is 5.42. The Morgan fingerprint density at radius 3 is 2.79 bits per heavy atom. The fourth-order valence-electron chi connectivity index (χ4n) is 2.26. The van der Waals surface area contributed by atoms with E-state index in [1.807, 2.05) is 37.4 Å². The minimum atomic E-state index is 0.273. The number of benzene rings is 1. The summed E-state index contributed by atoms with van der Waals surface area (Å²) >= 11 is 0. The summed E-state index contributed by atoms with van der Waals surface area (Å²) in [6.07, 6.45) is 3.68. The third kappa shape index (κ3) is 1.55. The molecule has 19 heavy (non-hydrogen) atoms. The fraction of sp³-hybridized carbons (Fsp3) is 0.143. The molecule has 0 unspecified atom stereocenters. The highest BCUT2D eigenvalue weighted by molar-refractivity contribution is 5.91. The molecule has 1 aromatic carbocycles. The average molecular weight is 253 g/mol. The van der Waals surface area contributed by atoms with Crippen LogP contribution in [0.3, 0.4) is 0 Å². The molecule has 3 heterocycles. The Labute approximate surface area is 109 Å². The van der Waals surface area contributed by atoms with Crippen molar-refractivity contribution in [3.05, 3.63) is 42.4 Å². The number of nitrogens with zero attached hydrogens (tertiary/aromatic N) is 3. The van der Waals surface area contributed by atoms with Crippen LogP contribution in [-0.2, 0) is 0 Å². The van der Waals surface area contributed by atoms with Gasteiger partial charge in [0, 0.05) is 17.8 Å². The highest BCUT2D eigenvalue weighted by atomic mass is 16.7. The van der Waals surface area contributed by atoms with E-state index in [0.717, 1.165) is 33.8 Å². The summed E-state index contributed by atoms with van der Waals surface area (Å²) in [5.74, 6) is 2.33. The van der Waals surface area contributed by atoms with Crippen LogP contribution in [0.15, 0.2) is 36.7 Å². The van der Waals surface area contributed by atoms with Crippen LogP contribution in [0.25, 0.3) is 16.6 Å². The van der Waals surface area contributed by atoms with E-state index in [2.05, 4.69) is 10.1 Å². The average Bonchev–Trinajstić information content (AvgIpc) is 3.03. The number of hydrogen-bond acceptors (Lipinski definition) is 4. The highest BCUT2D eigenvalue weighted by Gasteiger charge is 2.16. The van der Waals surface area contributed by atoms with Crippen molar-refractivity contribution in [2.45, 2.75) is 6.92 Å². The molecular weight excluding hydrogens is 242 g/mol. The first kappa shape index (κ1) is 10.4. The van der Waals surface area contributed by atoms with Gasteiger partial charge in [-0.3, -0.25) is 0 Å². The highest BCUT2D eigenvalue weighted by Crippen LogP contribution is 2.37. The second kappa shape index (κ2) is 3.71. The maximum absolute atomic E-state index is 5.42. The van der Waals surface area contributed by atoms with Gasteiger partial charge in [0.15, 0.2) is 17.3 Å². The van der Waals surface area contributed by atoms with Gasteiger partial charge in [-0.25, -0.2) is 9.67 Å². The number of aromatic nitrogens is 3. The largest absolute Gasteiger partial charge is 0.454 e. The molecule has 0 amide bonds. The van der Waals surface area contributed by atoms with Crippen LogP contribution in [0.4, 0.5) is 0 Å². The van der Waals surface area contributed by atoms with Crippen LogP contribution >= 0.6 is 0 Å². The monoisotopic (exact) mass is 253 g/mol. The standard InChI is InChI=1S/C14H11N3O2/c1-9-3-5-17(16-9)14-11-7-13-12(18-8-19-13)6-10(11)2-4-15-14/h2-7H,8H2,1H3. The summed E-state index contributed by atoms with van der Waals surface area (Å²) in [6, 6.07) is 7.83. The zero-order valence-electron chi connectivity index (χ0n) is 10.3. The van der Waals surface area contributed by atoms with Crippen molar-refractivity contribution in [1.82, 2.24) is 14.8 Å². The summed E-state index contributed by atoms with van der Waals surface area (Å²) in [6.45, 7) is 2.23. The Hall–Kier alpha value is -2.56. The van der Waals surface area contributed by atoms with E-state index in [9.17, 15) is 0 Å². The SMILES string of the molecule is Cc1ccn(-c2nccc3cc4c(cc23)OCO4)n1. The van der Waals surface area contributed by atoms with Gasteiger partial charge in [0.05, 0.1) is 5.69 Å². The molecule has 2 aromatic heterocycles. The molecule has 0 bridgehead atoms. The number of pyridine rings is 1. The van der Waals surface area contributed by atoms with E-state index >= 15 is 0 Å². The van der Waals surface area contributed by atoms with Crippen LogP contribution in [0.5, 0.6) is 11.5 Å². The molecule has 5 heteroatoms. The Balaban J connectivity index is 2.01. The molecule has 1 aliphatic heterocycles. The summed E-state index contributed by atoms with van der Waals surface area (Å²) in [5, 5.41) is 6.46. The number of ether oxygens (including phenoxy) is 2. The third-order valence-electron chi connectivity index (χ3n) is 3.18. The lowest BCUT2D eigenvalue weighted by Crippen LogP contribution is -1.99. The molecule has 3 aromatic rings. The van der Waals surface area contributed by atoms with Crippen LogP contribution in [-0.4, -0.2) is 21.6 Å². The Morgan fingerprint density at radius 2 is 2.00 bits per heavy atom. The summed E-state index contributed by atoms with van der Waals surface area (Å²) in [7, 11) is 0. The zero-order chi connectivity index (χ0) is 12.8. The summed E-state index contributed by atoms with van der Waals surface area (Å²) in [4.78, 5) is 4.42. The van der Waals surface area contributed by atoms with Crippen molar-refractivity contribution in [3.8, 4) is 17.3 Å². The van der Waals surface area contributed by atoms with Crippen LogP contribution < -0.4 is 9.47 Å². The molecule has 0 aliphatic carbocycles. The lowest BCUT2D eigenvalue weighted by molar-refractivity contribution is 0.174. The van der Waals surface area contributed by atoms with E-state index < -0.39 is 0 Å². The Kier molecular flexibility index (Phi) is 2.03. The second-order valence-electron chi connectivity index (χ2n) is 4.46. The van der Waals surface area contributed by atoms with Crippen molar-refractivity contribution >= 4 is 10.8 Å². The molecule has 5 nitrogen and oxygen atoms in total. The Morgan fingerprint density at radius 1 is 1.16 bits per heavy atom. The van der Waals surface area contributed by atoms with Crippen LogP contribution in [0.2, 0.25) is 0 Å². The molecule has 0 saturated heterocycles. The van der Waals surface area contributed by atoms with Gasteiger partial charge in [0.1, 0.15) is 0 Å².